The number of methoxy groups -OCH3 is 1. The van der Waals surface area contributed by atoms with E-state index < -0.39 is 0 Å². The van der Waals surface area contributed by atoms with Crippen LogP contribution >= 0.6 is 0 Å². The minimum Gasteiger partial charge on any atom is -0.508 e. The average Bonchev–Trinajstić information content (AvgIpc) is 3.00. The molecule has 0 aromatic heterocycles. The van der Waals surface area contributed by atoms with Gasteiger partial charge in [-0.05, 0) is 44.5 Å². The molecule has 1 saturated heterocycles. The Bertz CT molecular complexity index is 447. The van der Waals surface area contributed by atoms with Gasteiger partial charge >= 0.3 is 0 Å². The second-order valence-corrected chi connectivity index (χ2v) is 5.61. The second-order valence-electron chi connectivity index (χ2n) is 5.61. The zero-order valence-electron chi connectivity index (χ0n) is 12.9. The van der Waals surface area contributed by atoms with Crippen molar-refractivity contribution in [3.05, 3.63) is 23.8 Å². The van der Waals surface area contributed by atoms with Gasteiger partial charge < -0.3 is 20.3 Å². The zero-order chi connectivity index (χ0) is 15.2. The first-order valence-electron chi connectivity index (χ1n) is 7.61. The van der Waals surface area contributed by atoms with Crippen molar-refractivity contribution in [2.75, 3.05) is 33.4 Å². The van der Waals surface area contributed by atoms with Gasteiger partial charge in [-0.2, -0.15) is 0 Å². The van der Waals surface area contributed by atoms with Gasteiger partial charge in [-0.15, -0.1) is 0 Å². The molecule has 2 unspecified atom stereocenters. The van der Waals surface area contributed by atoms with Crippen LogP contribution in [0.15, 0.2) is 18.2 Å². The number of hydrogen-bond acceptors (Lipinski definition) is 5. The molecule has 2 atom stereocenters. The summed E-state index contributed by atoms with van der Waals surface area (Å²) in [5, 5.41) is 22.9. The van der Waals surface area contributed by atoms with Crippen LogP contribution in [0.1, 0.15) is 31.4 Å². The lowest BCUT2D eigenvalue weighted by Gasteiger charge is -2.31. The first-order chi connectivity index (χ1) is 10.2. The molecule has 0 spiro atoms. The Hall–Kier alpha value is -1.30. The predicted octanol–water partition coefficient (Wildman–Crippen LogP) is 1.51. The number of nitrogens with one attached hydrogen (secondary N) is 1. The minimum absolute atomic E-state index is 0.0228. The molecule has 2 rings (SSSR count). The van der Waals surface area contributed by atoms with Crippen LogP contribution in [0.2, 0.25) is 0 Å². The Labute approximate surface area is 126 Å². The lowest BCUT2D eigenvalue weighted by molar-refractivity contribution is 0.146. The summed E-state index contributed by atoms with van der Waals surface area (Å²) in [7, 11) is 1.62. The van der Waals surface area contributed by atoms with E-state index in [9.17, 15) is 10.2 Å². The fourth-order valence-electron chi connectivity index (χ4n) is 2.96. The minimum atomic E-state index is 0.0228. The van der Waals surface area contributed by atoms with Crippen LogP contribution in [0.25, 0.3) is 0 Å². The Morgan fingerprint density at radius 3 is 2.90 bits per heavy atom. The quantitative estimate of drug-likeness (QED) is 0.711. The van der Waals surface area contributed by atoms with Gasteiger partial charge in [0.05, 0.1) is 13.7 Å². The third kappa shape index (κ3) is 4.09. The maximum Gasteiger partial charge on any atom is 0.120 e. The largest absolute Gasteiger partial charge is 0.508 e. The number of aromatic hydroxyl groups is 1. The van der Waals surface area contributed by atoms with Crippen LogP contribution in [0.4, 0.5) is 0 Å². The van der Waals surface area contributed by atoms with E-state index in [1.165, 1.54) is 12.8 Å². The Kier molecular flexibility index (Phi) is 5.85. The van der Waals surface area contributed by atoms with Crippen molar-refractivity contribution in [3.8, 4) is 11.5 Å². The number of aliphatic hydroxyl groups is 1. The van der Waals surface area contributed by atoms with E-state index in [0.717, 1.165) is 24.4 Å². The lowest BCUT2D eigenvalue weighted by Crippen LogP contribution is -2.40. The zero-order valence-corrected chi connectivity index (χ0v) is 12.9. The smallest absolute Gasteiger partial charge is 0.120 e. The van der Waals surface area contributed by atoms with E-state index in [4.69, 9.17) is 4.74 Å². The van der Waals surface area contributed by atoms with Gasteiger partial charge in [0.25, 0.3) is 0 Å². The third-order valence-electron chi connectivity index (χ3n) is 4.24. The molecule has 118 valence electrons. The van der Waals surface area contributed by atoms with E-state index in [1.807, 2.05) is 6.07 Å². The van der Waals surface area contributed by atoms with E-state index in [2.05, 4.69) is 17.1 Å². The van der Waals surface area contributed by atoms with Crippen LogP contribution in [0, 0.1) is 0 Å². The molecule has 1 aromatic carbocycles. The first-order valence-corrected chi connectivity index (χ1v) is 7.61. The number of phenols is 1. The van der Waals surface area contributed by atoms with Gasteiger partial charge in [0.2, 0.25) is 0 Å². The molecule has 1 heterocycles. The number of aliphatic hydroxyl groups excluding tert-OH is 1. The number of benzene rings is 1. The van der Waals surface area contributed by atoms with E-state index >= 15 is 0 Å². The highest BCUT2D eigenvalue weighted by molar-refractivity contribution is 5.41. The molecule has 5 nitrogen and oxygen atoms in total. The molecule has 21 heavy (non-hydrogen) atoms. The summed E-state index contributed by atoms with van der Waals surface area (Å²) in [5.74, 6) is 1.00. The van der Waals surface area contributed by atoms with Gasteiger partial charge in [0, 0.05) is 30.7 Å². The van der Waals surface area contributed by atoms with Gasteiger partial charge in [0.15, 0.2) is 0 Å². The van der Waals surface area contributed by atoms with Gasteiger partial charge in [-0.3, -0.25) is 4.90 Å². The van der Waals surface area contributed by atoms with Gasteiger partial charge in [-0.1, -0.05) is 0 Å². The third-order valence-corrected chi connectivity index (χ3v) is 4.24. The van der Waals surface area contributed by atoms with E-state index in [-0.39, 0.29) is 18.4 Å². The van der Waals surface area contributed by atoms with Gasteiger partial charge in [-0.25, -0.2) is 0 Å². The SMILES string of the molecule is COc1ccc(O)c(C(C)N(CCO)CC2CCCN2)c1. The van der Waals surface area contributed by atoms with Crippen LogP contribution in [-0.2, 0) is 0 Å². The Morgan fingerprint density at radius 2 is 2.29 bits per heavy atom. The average molecular weight is 294 g/mol. The highest BCUT2D eigenvalue weighted by atomic mass is 16.5. The molecule has 0 bridgehead atoms. The summed E-state index contributed by atoms with van der Waals surface area (Å²) < 4.78 is 5.24. The molecule has 5 heteroatoms. The maximum absolute atomic E-state index is 10.1. The standard InChI is InChI=1S/C16H26N2O3/c1-12(15-10-14(21-2)5-6-16(15)20)18(8-9-19)11-13-4-3-7-17-13/h5-6,10,12-13,17,19-20H,3-4,7-9,11H2,1-2H3. The van der Waals surface area contributed by atoms with Crippen molar-refractivity contribution < 1.29 is 14.9 Å². The number of ether oxygens (including phenoxy) is 1. The van der Waals surface area contributed by atoms with Crippen LogP contribution in [0.3, 0.4) is 0 Å². The number of nitrogens with zero attached hydrogens (tertiary/aromatic N) is 1. The summed E-state index contributed by atoms with van der Waals surface area (Å²) in [5.41, 5.74) is 0.834. The molecule has 1 aliphatic rings. The number of phenolic OH excluding ortho intramolecular Hbond substituents is 1. The normalized spacial score (nSPS) is 19.9. The fraction of sp³-hybridized carbons (Fsp3) is 0.625. The van der Waals surface area contributed by atoms with Crippen LogP contribution < -0.4 is 10.1 Å². The fourth-order valence-corrected chi connectivity index (χ4v) is 2.96. The Morgan fingerprint density at radius 1 is 1.48 bits per heavy atom. The molecule has 0 saturated carbocycles. The summed E-state index contributed by atoms with van der Waals surface area (Å²) in [6, 6.07) is 5.77. The molecule has 0 aliphatic carbocycles. The number of rotatable bonds is 7. The maximum atomic E-state index is 10.1. The molecular formula is C16H26N2O3. The summed E-state index contributed by atoms with van der Waals surface area (Å²) >= 11 is 0. The molecule has 1 fully saturated rings. The molecule has 3 N–H and O–H groups in total. The van der Waals surface area contributed by atoms with Crippen LogP contribution in [-0.4, -0.2) is 54.5 Å². The van der Waals surface area contributed by atoms with E-state index in [0.29, 0.717) is 12.6 Å². The van der Waals surface area contributed by atoms with Crippen molar-refractivity contribution in [2.45, 2.75) is 31.8 Å². The molecule has 1 aliphatic heterocycles. The summed E-state index contributed by atoms with van der Waals surface area (Å²) in [6.45, 7) is 4.70. The highest BCUT2D eigenvalue weighted by Crippen LogP contribution is 2.32. The van der Waals surface area contributed by atoms with Crippen molar-refractivity contribution >= 4 is 0 Å². The number of hydrogen-bond donors (Lipinski definition) is 3. The summed E-state index contributed by atoms with van der Waals surface area (Å²) in [6.07, 6.45) is 2.37. The molecule has 0 amide bonds. The summed E-state index contributed by atoms with van der Waals surface area (Å²) in [4.78, 5) is 2.21. The van der Waals surface area contributed by atoms with Gasteiger partial charge in [0.1, 0.15) is 11.5 Å². The second kappa shape index (κ2) is 7.64. The molecule has 0 radical (unpaired) electrons. The Balaban J connectivity index is 2.14. The lowest BCUT2D eigenvalue weighted by atomic mass is 10.0. The monoisotopic (exact) mass is 294 g/mol. The van der Waals surface area contributed by atoms with Crippen molar-refractivity contribution in [1.82, 2.24) is 10.2 Å². The van der Waals surface area contributed by atoms with Crippen molar-refractivity contribution in [1.29, 1.82) is 0 Å². The van der Waals surface area contributed by atoms with Crippen molar-refractivity contribution in [3.63, 3.8) is 0 Å². The molecular weight excluding hydrogens is 268 g/mol. The highest BCUT2D eigenvalue weighted by Gasteiger charge is 2.23. The first kappa shape index (κ1) is 16.1. The van der Waals surface area contributed by atoms with E-state index in [1.54, 1.807) is 19.2 Å². The topological polar surface area (TPSA) is 65.0 Å². The molecule has 1 aromatic rings. The van der Waals surface area contributed by atoms with Crippen LogP contribution in [0.5, 0.6) is 11.5 Å². The predicted molar refractivity (Wildman–Crippen MR) is 82.8 cm³/mol. The van der Waals surface area contributed by atoms with Crippen molar-refractivity contribution in [2.24, 2.45) is 0 Å².